The highest BCUT2D eigenvalue weighted by Gasteiger charge is 2.07. The molecule has 0 aliphatic rings. The fourth-order valence-electron chi connectivity index (χ4n) is 1.60. The van der Waals surface area contributed by atoms with Crippen molar-refractivity contribution in [2.75, 3.05) is 24.2 Å². The molecule has 0 amide bonds. The lowest BCUT2D eigenvalue weighted by molar-refractivity contribution is 0.255. The van der Waals surface area contributed by atoms with E-state index in [-0.39, 0.29) is 6.61 Å². The summed E-state index contributed by atoms with van der Waals surface area (Å²) in [6.45, 7) is 3.16. The van der Waals surface area contributed by atoms with Crippen LogP contribution < -0.4 is 11.1 Å². The van der Waals surface area contributed by atoms with Gasteiger partial charge in [0.15, 0.2) is 0 Å². The summed E-state index contributed by atoms with van der Waals surface area (Å²) in [6.07, 6.45) is 6.19. The van der Waals surface area contributed by atoms with E-state index in [2.05, 4.69) is 22.2 Å². The van der Waals surface area contributed by atoms with Crippen molar-refractivity contribution in [1.82, 2.24) is 9.97 Å². The van der Waals surface area contributed by atoms with Crippen molar-refractivity contribution < 1.29 is 5.11 Å². The van der Waals surface area contributed by atoms with Crippen LogP contribution in [0.2, 0.25) is 0 Å². The Bertz CT molecular complexity index is 283. The van der Waals surface area contributed by atoms with Crippen LogP contribution in [0.1, 0.15) is 26.2 Å². The summed E-state index contributed by atoms with van der Waals surface area (Å²) in [7, 11) is 0. The van der Waals surface area contributed by atoms with Gasteiger partial charge in [-0.05, 0) is 18.8 Å². The quantitative estimate of drug-likeness (QED) is 0.649. The van der Waals surface area contributed by atoms with Gasteiger partial charge in [0.1, 0.15) is 0 Å². The average Bonchev–Trinajstić information content (AvgIpc) is 2.29. The molecule has 5 nitrogen and oxygen atoms in total. The van der Waals surface area contributed by atoms with Crippen LogP contribution in [-0.2, 0) is 0 Å². The fraction of sp³-hybridized carbons (Fsp3) is 0.636. The third-order valence-electron chi connectivity index (χ3n) is 2.45. The Hall–Kier alpha value is -1.36. The summed E-state index contributed by atoms with van der Waals surface area (Å²) in [5, 5.41) is 12.1. The van der Waals surface area contributed by atoms with Gasteiger partial charge >= 0.3 is 0 Å². The molecule has 0 radical (unpaired) electrons. The van der Waals surface area contributed by atoms with Gasteiger partial charge in [0.2, 0.25) is 5.95 Å². The molecule has 16 heavy (non-hydrogen) atoms. The number of aliphatic hydroxyl groups is 1. The molecule has 0 aromatic carbocycles. The largest absolute Gasteiger partial charge is 0.396 e. The van der Waals surface area contributed by atoms with E-state index in [9.17, 15) is 0 Å². The molecule has 0 aliphatic heterocycles. The van der Waals surface area contributed by atoms with Crippen LogP contribution in [-0.4, -0.2) is 28.2 Å². The molecule has 0 spiro atoms. The topological polar surface area (TPSA) is 84.1 Å². The van der Waals surface area contributed by atoms with Crippen LogP contribution in [0.25, 0.3) is 0 Å². The Kier molecular flexibility index (Phi) is 5.56. The summed E-state index contributed by atoms with van der Waals surface area (Å²) >= 11 is 0. The van der Waals surface area contributed by atoms with Gasteiger partial charge in [0.25, 0.3) is 0 Å². The first-order valence-corrected chi connectivity index (χ1v) is 5.68. The van der Waals surface area contributed by atoms with Crippen LogP contribution >= 0.6 is 0 Å². The van der Waals surface area contributed by atoms with Crippen LogP contribution in [0.5, 0.6) is 0 Å². The van der Waals surface area contributed by atoms with Crippen LogP contribution in [0, 0.1) is 5.92 Å². The molecule has 0 aliphatic carbocycles. The number of hydrogen-bond donors (Lipinski definition) is 3. The lowest BCUT2D eigenvalue weighted by Gasteiger charge is -2.15. The van der Waals surface area contributed by atoms with Gasteiger partial charge in [-0.2, -0.15) is 0 Å². The van der Waals surface area contributed by atoms with Crippen molar-refractivity contribution in [3.63, 3.8) is 0 Å². The second kappa shape index (κ2) is 7.00. The first kappa shape index (κ1) is 12.7. The third kappa shape index (κ3) is 4.44. The van der Waals surface area contributed by atoms with Gasteiger partial charge in [-0.15, -0.1) is 0 Å². The standard InChI is InChI=1S/C11H20N4O/c1-2-3-9(4-5-16)6-13-11-14-7-10(12)8-15-11/h7-9,16H,2-6,12H2,1H3,(H,13,14,15). The maximum absolute atomic E-state index is 8.92. The molecular formula is C11H20N4O. The molecule has 0 saturated heterocycles. The molecule has 1 heterocycles. The summed E-state index contributed by atoms with van der Waals surface area (Å²) in [6, 6.07) is 0. The van der Waals surface area contributed by atoms with Crippen molar-refractivity contribution in [1.29, 1.82) is 0 Å². The molecule has 0 saturated carbocycles. The number of aliphatic hydroxyl groups excluding tert-OH is 1. The summed E-state index contributed by atoms with van der Waals surface area (Å²) in [4.78, 5) is 8.12. The second-order valence-electron chi connectivity index (χ2n) is 3.89. The van der Waals surface area contributed by atoms with Gasteiger partial charge in [-0.25, -0.2) is 9.97 Å². The fourth-order valence-corrected chi connectivity index (χ4v) is 1.60. The first-order chi connectivity index (χ1) is 7.76. The number of hydrogen-bond acceptors (Lipinski definition) is 5. The lowest BCUT2D eigenvalue weighted by Crippen LogP contribution is -2.17. The van der Waals surface area contributed by atoms with Crippen molar-refractivity contribution in [3.05, 3.63) is 12.4 Å². The first-order valence-electron chi connectivity index (χ1n) is 5.68. The second-order valence-corrected chi connectivity index (χ2v) is 3.89. The molecule has 1 aromatic heterocycles. The van der Waals surface area contributed by atoms with Gasteiger partial charge in [-0.3, -0.25) is 0 Å². The van der Waals surface area contributed by atoms with Crippen molar-refractivity contribution in [2.24, 2.45) is 5.92 Å². The number of aromatic nitrogens is 2. The van der Waals surface area contributed by atoms with E-state index in [0.717, 1.165) is 25.8 Å². The van der Waals surface area contributed by atoms with E-state index in [1.807, 2.05) is 0 Å². The Balaban J connectivity index is 2.38. The highest BCUT2D eigenvalue weighted by molar-refractivity contribution is 5.35. The van der Waals surface area contributed by atoms with E-state index in [1.54, 1.807) is 12.4 Å². The summed E-state index contributed by atoms with van der Waals surface area (Å²) in [5.41, 5.74) is 6.05. The van der Waals surface area contributed by atoms with E-state index in [1.165, 1.54) is 0 Å². The Labute approximate surface area is 96.1 Å². The number of nitrogen functional groups attached to an aromatic ring is 1. The Morgan fingerprint density at radius 1 is 1.38 bits per heavy atom. The molecule has 5 heteroatoms. The molecule has 0 bridgehead atoms. The molecule has 1 aromatic rings. The van der Waals surface area contributed by atoms with Crippen molar-refractivity contribution in [2.45, 2.75) is 26.2 Å². The van der Waals surface area contributed by atoms with Crippen LogP contribution in [0.15, 0.2) is 12.4 Å². The molecule has 1 rings (SSSR count). The third-order valence-corrected chi connectivity index (χ3v) is 2.45. The average molecular weight is 224 g/mol. The smallest absolute Gasteiger partial charge is 0.222 e. The van der Waals surface area contributed by atoms with Gasteiger partial charge < -0.3 is 16.2 Å². The van der Waals surface area contributed by atoms with Gasteiger partial charge in [-0.1, -0.05) is 13.3 Å². The predicted molar refractivity (Wildman–Crippen MR) is 65.0 cm³/mol. The van der Waals surface area contributed by atoms with Crippen molar-refractivity contribution in [3.8, 4) is 0 Å². The minimum absolute atomic E-state index is 0.231. The minimum Gasteiger partial charge on any atom is -0.396 e. The number of nitrogens with one attached hydrogen (secondary N) is 1. The van der Waals surface area contributed by atoms with Crippen molar-refractivity contribution >= 4 is 11.6 Å². The number of nitrogens with two attached hydrogens (primary N) is 1. The molecule has 1 atom stereocenters. The number of anilines is 2. The van der Waals surface area contributed by atoms with E-state index >= 15 is 0 Å². The maximum Gasteiger partial charge on any atom is 0.222 e. The maximum atomic E-state index is 8.92. The van der Waals surface area contributed by atoms with E-state index in [4.69, 9.17) is 10.8 Å². The molecule has 0 fully saturated rings. The minimum atomic E-state index is 0.231. The van der Waals surface area contributed by atoms with Gasteiger partial charge in [0.05, 0.1) is 18.1 Å². The highest BCUT2D eigenvalue weighted by atomic mass is 16.3. The molecule has 1 unspecified atom stereocenters. The molecule has 90 valence electrons. The Morgan fingerprint density at radius 3 is 2.62 bits per heavy atom. The summed E-state index contributed by atoms with van der Waals surface area (Å²) in [5.74, 6) is 1.06. The zero-order valence-electron chi connectivity index (χ0n) is 9.69. The SMILES string of the molecule is CCCC(CCO)CNc1ncc(N)cn1. The van der Waals surface area contributed by atoms with Gasteiger partial charge in [0, 0.05) is 13.2 Å². The highest BCUT2D eigenvalue weighted by Crippen LogP contribution is 2.11. The van der Waals surface area contributed by atoms with Crippen LogP contribution in [0.3, 0.4) is 0 Å². The zero-order valence-corrected chi connectivity index (χ0v) is 9.69. The predicted octanol–water partition coefficient (Wildman–Crippen LogP) is 1.27. The number of rotatable bonds is 7. The molecular weight excluding hydrogens is 204 g/mol. The Morgan fingerprint density at radius 2 is 2.06 bits per heavy atom. The molecule has 4 N–H and O–H groups in total. The van der Waals surface area contributed by atoms with E-state index < -0.39 is 0 Å². The monoisotopic (exact) mass is 224 g/mol. The lowest BCUT2D eigenvalue weighted by atomic mass is 10.0. The van der Waals surface area contributed by atoms with E-state index in [0.29, 0.717) is 17.6 Å². The summed E-state index contributed by atoms with van der Waals surface area (Å²) < 4.78 is 0. The number of nitrogens with zero attached hydrogens (tertiary/aromatic N) is 2. The normalized spacial score (nSPS) is 12.4. The zero-order chi connectivity index (χ0) is 11.8. The van der Waals surface area contributed by atoms with Crippen LogP contribution in [0.4, 0.5) is 11.6 Å².